The second-order valence-corrected chi connectivity index (χ2v) is 7.97. The number of ether oxygens (including phenoxy) is 2. The van der Waals surface area contributed by atoms with E-state index < -0.39 is 6.10 Å². The Morgan fingerprint density at radius 3 is 2.61 bits per heavy atom. The van der Waals surface area contributed by atoms with Gasteiger partial charge in [-0.3, -0.25) is 9.59 Å². The number of carbonyl (C=O) groups is 2. The van der Waals surface area contributed by atoms with Crippen LogP contribution in [0.15, 0.2) is 47.0 Å². The minimum atomic E-state index is -0.613. The van der Waals surface area contributed by atoms with Gasteiger partial charge >= 0.3 is 0 Å². The average Bonchev–Trinajstić information content (AvgIpc) is 3.10. The van der Waals surface area contributed by atoms with Crippen molar-refractivity contribution in [1.82, 2.24) is 5.16 Å². The first kappa shape index (κ1) is 22.4. The van der Waals surface area contributed by atoms with Gasteiger partial charge in [0.1, 0.15) is 17.3 Å². The van der Waals surface area contributed by atoms with Crippen molar-refractivity contribution in [2.24, 2.45) is 0 Å². The van der Waals surface area contributed by atoms with Crippen molar-refractivity contribution in [2.75, 3.05) is 16.8 Å². The molecule has 0 bridgehead atoms. The molecule has 1 aliphatic heterocycles. The average molecular weight is 450 g/mol. The van der Waals surface area contributed by atoms with Gasteiger partial charge in [0.15, 0.2) is 6.10 Å². The van der Waals surface area contributed by atoms with Crippen LogP contribution >= 0.6 is 0 Å². The molecule has 1 aliphatic rings. The molecule has 0 fully saturated rings. The van der Waals surface area contributed by atoms with Crippen molar-refractivity contribution in [3.8, 4) is 11.5 Å². The van der Waals surface area contributed by atoms with Crippen molar-refractivity contribution in [3.05, 3.63) is 65.0 Å². The Hall–Kier alpha value is -3.81. The first-order chi connectivity index (χ1) is 15.9. The number of carbonyl (C=O) groups excluding carboxylic acids is 2. The van der Waals surface area contributed by atoms with Crippen LogP contribution in [0.5, 0.6) is 11.5 Å². The molecule has 0 spiro atoms. The Kier molecular flexibility index (Phi) is 6.35. The van der Waals surface area contributed by atoms with E-state index in [0.717, 1.165) is 22.6 Å². The van der Waals surface area contributed by atoms with Crippen LogP contribution in [0, 0.1) is 13.8 Å². The summed E-state index contributed by atoms with van der Waals surface area (Å²) in [6.07, 6.45) is -0.392. The highest BCUT2D eigenvalue weighted by atomic mass is 16.5. The highest BCUT2D eigenvalue weighted by Crippen LogP contribution is 2.37. The topological polar surface area (TPSA) is 93.9 Å². The maximum atomic E-state index is 12.9. The summed E-state index contributed by atoms with van der Waals surface area (Å²) < 4.78 is 16.5. The Balaban J connectivity index is 1.52. The van der Waals surface area contributed by atoms with Crippen LogP contribution < -0.4 is 19.7 Å². The van der Waals surface area contributed by atoms with E-state index in [1.807, 2.05) is 45.0 Å². The van der Waals surface area contributed by atoms with Crippen LogP contribution in [0.2, 0.25) is 0 Å². The smallest absolute Gasteiger partial charge is 0.268 e. The number of rotatable bonds is 7. The van der Waals surface area contributed by atoms with Gasteiger partial charge in [-0.2, -0.15) is 0 Å². The van der Waals surface area contributed by atoms with Crippen LogP contribution in [0.4, 0.5) is 11.4 Å². The normalized spacial score (nSPS) is 15.1. The lowest BCUT2D eigenvalue weighted by molar-refractivity contribution is -0.125. The predicted molar refractivity (Wildman–Crippen MR) is 124 cm³/mol. The summed E-state index contributed by atoms with van der Waals surface area (Å²) in [5.74, 6) is 1.70. The Morgan fingerprint density at radius 2 is 1.94 bits per heavy atom. The minimum Gasteiger partial charge on any atom is -0.494 e. The SMILES string of the molecule is CCOc1ccc(CC(=O)Nc2ccc3c(c2)N(Cc2c(C)noc2C)C(=O)C(C)O3)cc1. The number of nitrogens with one attached hydrogen (secondary N) is 1. The van der Waals surface area contributed by atoms with E-state index >= 15 is 0 Å². The maximum absolute atomic E-state index is 12.9. The molecule has 8 heteroatoms. The number of nitrogens with zero attached hydrogens (tertiary/aromatic N) is 2. The van der Waals surface area contributed by atoms with Gasteiger partial charge in [-0.15, -0.1) is 0 Å². The van der Waals surface area contributed by atoms with Gasteiger partial charge in [-0.05, 0) is 63.6 Å². The van der Waals surface area contributed by atoms with E-state index in [9.17, 15) is 9.59 Å². The van der Waals surface area contributed by atoms with Crippen molar-refractivity contribution in [2.45, 2.75) is 46.8 Å². The molecule has 0 saturated heterocycles. The number of hydrogen-bond donors (Lipinski definition) is 1. The molecule has 8 nitrogen and oxygen atoms in total. The summed E-state index contributed by atoms with van der Waals surface area (Å²) in [5.41, 5.74) is 3.65. The van der Waals surface area contributed by atoms with E-state index in [0.29, 0.717) is 36.0 Å². The van der Waals surface area contributed by atoms with Crippen molar-refractivity contribution in [1.29, 1.82) is 0 Å². The summed E-state index contributed by atoms with van der Waals surface area (Å²) in [4.78, 5) is 27.2. The number of fused-ring (bicyclic) bond motifs is 1. The number of aromatic nitrogens is 1. The highest BCUT2D eigenvalue weighted by molar-refractivity contribution is 6.01. The minimum absolute atomic E-state index is 0.159. The fourth-order valence-electron chi connectivity index (χ4n) is 3.79. The third-order valence-electron chi connectivity index (χ3n) is 5.55. The Morgan fingerprint density at radius 1 is 1.18 bits per heavy atom. The van der Waals surface area contributed by atoms with Crippen LogP contribution in [-0.4, -0.2) is 29.7 Å². The van der Waals surface area contributed by atoms with E-state index in [1.54, 1.807) is 30.0 Å². The molecule has 1 unspecified atom stereocenters. The first-order valence-electron chi connectivity index (χ1n) is 10.9. The van der Waals surface area contributed by atoms with Gasteiger partial charge in [0.25, 0.3) is 5.91 Å². The predicted octanol–water partition coefficient (Wildman–Crippen LogP) is 4.19. The van der Waals surface area contributed by atoms with E-state index in [-0.39, 0.29) is 18.2 Å². The van der Waals surface area contributed by atoms with Gasteiger partial charge < -0.3 is 24.2 Å². The molecule has 1 atom stereocenters. The monoisotopic (exact) mass is 449 g/mol. The molecule has 2 heterocycles. The number of aryl methyl sites for hydroxylation is 2. The lowest BCUT2D eigenvalue weighted by Crippen LogP contribution is -2.44. The van der Waals surface area contributed by atoms with Crippen LogP contribution in [-0.2, 0) is 22.6 Å². The van der Waals surface area contributed by atoms with E-state index in [1.165, 1.54) is 0 Å². The fourth-order valence-corrected chi connectivity index (χ4v) is 3.79. The molecular formula is C25H27N3O5. The molecule has 2 aromatic carbocycles. The summed E-state index contributed by atoms with van der Waals surface area (Å²) >= 11 is 0. The Labute approximate surface area is 192 Å². The zero-order valence-corrected chi connectivity index (χ0v) is 19.2. The second kappa shape index (κ2) is 9.36. The quantitative estimate of drug-likeness (QED) is 0.581. The number of benzene rings is 2. The summed E-state index contributed by atoms with van der Waals surface area (Å²) in [7, 11) is 0. The lowest BCUT2D eigenvalue weighted by atomic mass is 10.1. The van der Waals surface area contributed by atoms with Crippen molar-refractivity contribution in [3.63, 3.8) is 0 Å². The molecular weight excluding hydrogens is 422 g/mol. The summed E-state index contributed by atoms with van der Waals surface area (Å²) in [6, 6.07) is 12.7. The van der Waals surface area contributed by atoms with Gasteiger partial charge in [-0.25, -0.2) is 0 Å². The third-order valence-corrected chi connectivity index (χ3v) is 5.55. The zero-order chi connectivity index (χ0) is 23.5. The van der Waals surface area contributed by atoms with Crippen LogP contribution in [0.1, 0.15) is 36.4 Å². The van der Waals surface area contributed by atoms with Gasteiger partial charge in [0.05, 0.1) is 31.0 Å². The van der Waals surface area contributed by atoms with Gasteiger partial charge in [0, 0.05) is 11.3 Å². The number of hydrogen-bond acceptors (Lipinski definition) is 6. The van der Waals surface area contributed by atoms with E-state index in [2.05, 4.69) is 10.5 Å². The van der Waals surface area contributed by atoms with Gasteiger partial charge in [-0.1, -0.05) is 17.3 Å². The third kappa shape index (κ3) is 4.84. The highest BCUT2D eigenvalue weighted by Gasteiger charge is 2.33. The van der Waals surface area contributed by atoms with Crippen LogP contribution in [0.25, 0.3) is 0 Å². The van der Waals surface area contributed by atoms with Crippen molar-refractivity contribution < 1.29 is 23.6 Å². The molecule has 33 heavy (non-hydrogen) atoms. The maximum Gasteiger partial charge on any atom is 0.268 e. The second-order valence-electron chi connectivity index (χ2n) is 7.97. The molecule has 0 aliphatic carbocycles. The largest absolute Gasteiger partial charge is 0.494 e. The number of amides is 2. The molecule has 4 rings (SSSR count). The molecule has 2 amide bonds. The fraction of sp³-hybridized carbons (Fsp3) is 0.320. The molecule has 0 radical (unpaired) electrons. The number of anilines is 2. The van der Waals surface area contributed by atoms with Crippen molar-refractivity contribution >= 4 is 23.2 Å². The molecule has 0 saturated carbocycles. The lowest BCUT2D eigenvalue weighted by Gasteiger charge is -2.33. The summed E-state index contributed by atoms with van der Waals surface area (Å²) in [5, 5.41) is 6.90. The first-order valence-corrected chi connectivity index (χ1v) is 10.9. The standard InChI is InChI=1S/C25H27N3O5/c1-5-31-20-9-6-18(7-10-20)12-24(29)26-19-8-11-23-22(13-19)28(25(30)17(4)32-23)14-21-15(2)27-33-16(21)3/h6-11,13,17H,5,12,14H2,1-4H3,(H,26,29). The van der Waals surface area contributed by atoms with E-state index in [4.69, 9.17) is 14.0 Å². The molecule has 1 N–H and O–H groups in total. The van der Waals surface area contributed by atoms with Crippen LogP contribution in [0.3, 0.4) is 0 Å². The summed E-state index contributed by atoms with van der Waals surface area (Å²) in [6.45, 7) is 8.22. The Bertz CT molecular complexity index is 1150. The zero-order valence-electron chi connectivity index (χ0n) is 19.2. The molecule has 172 valence electrons. The molecule has 1 aromatic heterocycles. The molecule has 3 aromatic rings. The van der Waals surface area contributed by atoms with Gasteiger partial charge in [0.2, 0.25) is 5.91 Å².